The number of anilines is 1. The van der Waals surface area contributed by atoms with Crippen LogP contribution in [0.25, 0.3) is 0 Å². The first-order chi connectivity index (χ1) is 16.9. The van der Waals surface area contributed by atoms with E-state index in [1.54, 1.807) is 18.2 Å². The summed E-state index contributed by atoms with van der Waals surface area (Å²) in [6, 6.07) is 12.5. The molecule has 2 aromatic carbocycles. The molecule has 2 heterocycles. The van der Waals surface area contributed by atoms with Gasteiger partial charge >= 0.3 is 0 Å². The molecule has 2 N–H and O–H groups in total. The number of para-hydroxylation sites is 1. The van der Waals surface area contributed by atoms with Crippen molar-refractivity contribution >= 4 is 29.3 Å². The van der Waals surface area contributed by atoms with Crippen LogP contribution < -0.4 is 20.1 Å². The van der Waals surface area contributed by atoms with Crippen LogP contribution in [-0.4, -0.2) is 39.1 Å². The Labute approximate surface area is 208 Å². The number of aryl methyl sites for hydroxylation is 1. The van der Waals surface area contributed by atoms with E-state index in [-0.39, 0.29) is 36.3 Å². The lowest BCUT2D eigenvalue weighted by Crippen LogP contribution is -2.33. The maximum absolute atomic E-state index is 13.0. The minimum Gasteiger partial charge on any atom is -0.454 e. The third-order valence-corrected chi connectivity index (χ3v) is 6.76. The van der Waals surface area contributed by atoms with E-state index in [2.05, 4.69) is 27.8 Å². The number of carbonyl (C=O) groups is 2. The molecule has 1 unspecified atom stereocenters. The Morgan fingerprint density at radius 1 is 1.11 bits per heavy atom. The number of benzene rings is 2. The van der Waals surface area contributed by atoms with Gasteiger partial charge in [0.15, 0.2) is 22.5 Å². The summed E-state index contributed by atoms with van der Waals surface area (Å²) in [6.07, 6.45) is 0.838. The molecular weight excluding hydrogens is 466 g/mol. The van der Waals surface area contributed by atoms with Gasteiger partial charge in [0, 0.05) is 18.3 Å². The molecule has 1 aliphatic heterocycles. The highest BCUT2D eigenvalue weighted by atomic mass is 32.2. The minimum atomic E-state index is -0.370. The number of hydrogen-bond donors (Lipinski definition) is 2. The molecule has 9 nitrogen and oxygen atoms in total. The van der Waals surface area contributed by atoms with Gasteiger partial charge in [0.1, 0.15) is 0 Å². The van der Waals surface area contributed by atoms with E-state index < -0.39 is 0 Å². The predicted octanol–water partition coefficient (Wildman–Crippen LogP) is 3.96. The quantitative estimate of drug-likeness (QED) is 0.433. The Hall–Kier alpha value is -3.53. The third-order valence-electron chi connectivity index (χ3n) is 5.74. The second-order valence-electron chi connectivity index (χ2n) is 8.51. The Balaban J connectivity index is 1.41. The Morgan fingerprint density at radius 3 is 2.66 bits per heavy atom. The van der Waals surface area contributed by atoms with E-state index in [0.717, 1.165) is 17.7 Å². The molecule has 3 aromatic rings. The zero-order valence-corrected chi connectivity index (χ0v) is 21.0. The van der Waals surface area contributed by atoms with Crippen molar-refractivity contribution in [3.05, 3.63) is 59.4 Å². The number of fused-ring (bicyclic) bond motifs is 1. The van der Waals surface area contributed by atoms with Gasteiger partial charge in [0.2, 0.25) is 12.7 Å². The Kier molecular flexibility index (Phi) is 7.60. The van der Waals surface area contributed by atoms with Gasteiger partial charge in [-0.05, 0) is 42.2 Å². The molecule has 0 saturated heterocycles. The number of nitrogens with one attached hydrogen (secondary N) is 2. The van der Waals surface area contributed by atoms with Crippen LogP contribution in [0.4, 0.5) is 5.69 Å². The van der Waals surface area contributed by atoms with Crippen molar-refractivity contribution in [2.75, 3.05) is 17.9 Å². The van der Waals surface area contributed by atoms with Crippen molar-refractivity contribution in [2.24, 2.45) is 13.0 Å². The number of hydrogen-bond acceptors (Lipinski definition) is 7. The lowest BCUT2D eigenvalue weighted by molar-refractivity contribution is -0.113. The molecular formula is C25H29N5O4S. The van der Waals surface area contributed by atoms with Crippen molar-refractivity contribution in [3.8, 4) is 11.5 Å². The molecule has 0 fully saturated rings. The predicted molar refractivity (Wildman–Crippen MR) is 134 cm³/mol. The first-order valence-corrected chi connectivity index (χ1v) is 12.5. The lowest BCUT2D eigenvalue weighted by atomic mass is 10.0. The van der Waals surface area contributed by atoms with Crippen LogP contribution in [0.1, 0.15) is 48.6 Å². The summed E-state index contributed by atoms with van der Waals surface area (Å²) in [5, 5.41) is 15.2. The SMILES string of the molecule is CCc1ccccc1NC(=O)CSc1nnc(C(NC(=O)c2ccc3c(c2)OCO3)C(C)C)n1C. The van der Waals surface area contributed by atoms with Crippen LogP contribution >= 0.6 is 11.8 Å². The van der Waals surface area contributed by atoms with Crippen molar-refractivity contribution in [2.45, 2.75) is 38.4 Å². The van der Waals surface area contributed by atoms with Gasteiger partial charge in [-0.1, -0.05) is 50.7 Å². The van der Waals surface area contributed by atoms with Crippen LogP contribution in [0.2, 0.25) is 0 Å². The van der Waals surface area contributed by atoms with Crippen molar-refractivity contribution in [3.63, 3.8) is 0 Å². The fourth-order valence-corrected chi connectivity index (χ4v) is 4.50. The largest absolute Gasteiger partial charge is 0.454 e. The number of carbonyl (C=O) groups excluding carboxylic acids is 2. The highest BCUT2D eigenvalue weighted by Crippen LogP contribution is 2.33. The molecule has 184 valence electrons. The maximum Gasteiger partial charge on any atom is 0.252 e. The highest BCUT2D eigenvalue weighted by molar-refractivity contribution is 7.99. The molecule has 0 saturated carbocycles. The van der Waals surface area contributed by atoms with E-state index in [1.807, 2.05) is 49.7 Å². The van der Waals surface area contributed by atoms with Crippen LogP contribution in [0.15, 0.2) is 47.6 Å². The summed E-state index contributed by atoms with van der Waals surface area (Å²) in [5.74, 6) is 1.69. The second kappa shape index (κ2) is 10.8. The molecule has 10 heteroatoms. The molecule has 0 spiro atoms. The molecule has 0 aliphatic carbocycles. The first kappa shape index (κ1) is 24.6. The fourth-order valence-electron chi connectivity index (χ4n) is 3.78. The van der Waals surface area contributed by atoms with Crippen molar-refractivity contribution < 1.29 is 19.1 Å². The van der Waals surface area contributed by atoms with Gasteiger partial charge in [-0.15, -0.1) is 10.2 Å². The molecule has 35 heavy (non-hydrogen) atoms. The Bertz CT molecular complexity index is 1230. The summed E-state index contributed by atoms with van der Waals surface area (Å²) in [4.78, 5) is 25.5. The first-order valence-electron chi connectivity index (χ1n) is 11.5. The topological polar surface area (TPSA) is 107 Å². The summed E-state index contributed by atoms with van der Waals surface area (Å²) in [7, 11) is 1.84. The van der Waals surface area contributed by atoms with E-state index in [0.29, 0.717) is 28.0 Å². The van der Waals surface area contributed by atoms with Crippen LogP contribution in [-0.2, 0) is 18.3 Å². The van der Waals surface area contributed by atoms with E-state index in [1.165, 1.54) is 11.8 Å². The van der Waals surface area contributed by atoms with Gasteiger partial charge in [-0.25, -0.2) is 0 Å². The van der Waals surface area contributed by atoms with Gasteiger partial charge in [-0.3, -0.25) is 9.59 Å². The van der Waals surface area contributed by atoms with Crippen LogP contribution in [0.5, 0.6) is 11.5 Å². The Morgan fingerprint density at radius 2 is 1.89 bits per heavy atom. The monoisotopic (exact) mass is 495 g/mol. The standard InChI is InChI=1S/C25H29N5O4S/c1-5-16-8-6-7-9-18(16)26-21(31)13-35-25-29-28-23(30(25)4)22(15(2)3)27-24(32)17-10-11-19-20(12-17)34-14-33-19/h6-12,15,22H,5,13-14H2,1-4H3,(H,26,31)(H,27,32). The van der Waals surface area contributed by atoms with Gasteiger partial charge in [0.25, 0.3) is 5.91 Å². The second-order valence-corrected chi connectivity index (χ2v) is 9.45. The summed E-state index contributed by atoms with van der Waals surface area (Å²) in [6.45, 7) is 6.21. The maximum atomic E-state index is 13.0. The van der Waals surface area contributed by atoms with Crippen molar-refractivity contribution in [1.29, 1.82) is 0 Å². The lowest BCUT2D eigenvalue weighted by Gasteiger charge is -2.21. The molecule has 0 radical (unpaired) electrons. The number of aromatic nitrogens is 3. The summed E-state index contributed by atoms with van der Waals surface area (Å²) in [5.41, 5.74) is 2.39. The summed E-state index contributed by atoms with van der Waals surface area (Å²) < 4.78 is 12.5. The van der Waals surface area contributed by atoms with Gasteiger partial charge in [0.05, 0.1) is 11.8 Å². The smallest absolute Gasteiger partial charge is 0.252 e. The molecule has 2 amide bonds. The molecule has 4 rings (SSSR count). The number of nitrogens with zero attached hydrogens (tertiary/aromatic N) is 3. The van der Waals surface area contributed by atoms with E-state index in [9.17, 15) is 9.59 Å². The normalized spacial score (nSPS) is 13.1. The zero-order valence-electron chi connectivity index (χ0n) is 20.2. The molecule has 0 bridgehead atoms. The van der Waals surface area contributed by atoms with Crippen LogP contribution in [0.3, 0.4) is 0 Å². The number of thioether (sulfide) groups is 1. The zero-order chi connectivity index (χ0) is 24.9. The van der Waals surface area contributed by atoms with Gasteiger partial charge < -0.3 is 24.7 Å². The number of ether oxygens (including phenoxy) is 2. The molecule has 1 aliphatic rings. The molecule has 1 atom stereocenters. The molecule has 1 aromatic heterocycles. The van der Waals surface area contributed by atoms with E-state index in [4.69, 9.17) is 9.47 Å². The fraction of sp³-hybridized carbons (Fsp3) is 0.360. The van der Waals surface area contributed by atoms with Crippen molar-refractivity contribution in [1.82, 2.24) is 20.1 Å². The number of amides is 2. The number of rotatable bonds is 9. The third kappa shape index (κ3) is 5.59. The average Bonchev–Trinajstić information content (AvgIpc) is 3.47. The van der Waals surface area contributed by atoms with E-state index >= 15 is 0 Å². The average molecular weight is 496 g/mol. The highest BCUT2D eigenvalue weighted by Gasteiger charge is 2.26. The minimum absolute atomic E-state index is 0.0579. The van der Waals surface area contributed by atoms with Crippen LogP contribution in [0, 0.1) is 5.92 Å². The van der Waals surface area contributed by atoms with Gasteiger partial charge in [-0.2, -0.15) is 0 Å². The summed E-state index contributed by atoms with van der Waals surface area (Å²) >= 11 is 1.30.